The van der Waals surface area contributed by atoms with Crippen LogP contribution in [0.2, 0.25) is 0 Å². The number of hydrogen-bond donors (Lipinski definition) is 3. The van der Waals surface area contributed by atoms with Crippen LogP contribution in [0.1, 0.15) is 59.8 Å². The highest BCUT2D eigenvalue weighted by Crippen LogP contribution is 2.20. The molecule has 0 saturated heterocycles. The highest BCUT2D eigenvalue weighted by atomic mass is 19.1. The van der Waals surface area contributed by atoms with Crippen LogP contribution in [-0.2, 0) is 6.42 Å². The van der Waals surface area contributed by atoms with Gasteiger partial charge in [0.1, 0.15) is 29.0 Å². The molecule has 0 fully saturated rings. The van der Waals surface area contributed by atoms with Crippen LogP contribution in [-0.4, -0.2) is 57.9 Å². The van der Waals surface area contributed by atoms with Gasteiger partial charge in [-0.15, -0.1) is 5.10 Å². The van der Waals surface area contributed by atoms with Crippen LogP contribution in [0.5, 0.6) is 5.75 Å². The Morgan fingerprint density at radius 2 is 1.95 bits per heavy atom. The topological polar surface area (TPSA) is 125 Å². The molecule has 0 aliphatic heterocycles. The van der Waals surface area contributed by atoms with Crippen LogP contribution >= 0.6 is 0 Å². The number of aryl methyl sites for hydroxylation is 1. The Morgan fingerprint density at radius 1 is 1.23 bits per heavy atom. The first-order chi connectivity index (χ1) is 18.5. The highest BCUT2D eigenvalue weighted by molar-refractivity contribution is 6.10. The molecule has 0 bridgehead atoms. The van der Waals surface area contributed by atoms with E-state index in [1.165, 1.54) is 12.1 Å². The van der Waals surface area contributed by atoms with E-state index in [-0.39, 0.29) is 23.9 Å². The lowest BCUT2D eigenvalue weighted by atomic mass is 10.0. The van der Waals surface area contributed by atoms with E-state index in [1.54, 1.807) is 27.0 Å². The molecule has 206 valence electrons. The molecular formula is C28H32F2N6O3. The molecule has 0 atom stereocenters. The lowest BCUT2D eigenvalue weighted by molar-refractivity contribution is 0.0641. The van der Waals surface area contributed by atoms with E-state index in [1.807, 2.05) is 25.1 Å². The van der Waals surface area contributed by atoms with Gasteiger partial charge >= 0.3 is 0 Å². The summed E-state index contributed by atoms with van der Waals surface area (Å²) in [6, 6.07) is 8.73. The Hall–Kier alpha value is -4.25. The van der Waals surface area contributed by atoms with Crippen molar-refractivity contribution in [3.05, 3.63) is 88.3 Å². The SMILES string of the molecule is C=N/C(=C\C(=NC)c1cc(OCCCC(C)(C)O)ccc1C)NC(=O)c1n[nH]c(Cc2cc(F)cc(F)c2)n1. The predicted octanol–water partition coefficient (Wildman–Crippen LogP) is 4.30. The van der Waals surface area contributed by atoms with E-state index >= 15 is 0 Å². The van der Waals surface area contributed by atoms with E-state index < -0.39 is 23.1 Å². The van der Waals surface area contributed by atoms with Gasteiger partial charge in [-0.05, 0) is 75.7 Å². The van der Waals surface area contributed by atoms with E-state index in [2.05, 4.69) is 37.2 Å². The number of benzene rings is 2. The molecule has 1 aromatic heterocycles. The molecule has 0 aliphatic carbocycles. The van der Waals surface area contributed by atoms with Gasteiger partial charge in [-0.3, -0.25) is 14.9 Å². The quantitative estimate of drug-likeness (QED) is 0.234. The number of allylic oxidation sites excluding steroid dienone is 1. The number of H-pyrrole nitrogens is 1. The van der Waals surface area contributed by atoms with Crippen molar-refractivity contribution < 1.29 is 23.4 Å². The highest BCUT2D eigenvalue weighted by Gasteiger charge is 2.16. The van der Waals surface area contributed by atoms with Gasteiger partial charge in [-0.2, -0.15) is 0 Å². The lowest BCUT2D eigenvalue weighted by Crippen LogP contribution is -2.24. The van der Waals surface area contributed by atoms with E-state index in [9.17, 15) is 18.7 Å². The van der Waals surface area contributed by atoms with Gasteiger partial charge in [0.25, 0.3) is 5.91 Å². The number of nitrogens with one attached hydrogen (secondary N) is 2. The van der Waals surface area contributed by atoms with Gasteiger partial charge in [-0.1, -0.05) is 6.07 Å². The summed E-state index contributed by atoms with van der Waals surface area (Å²) in [5.74, 6) is -1.23. The Kier molecular flexibility index (Phi) is 9.78. The second kappa shape index (κ2) is 13.0. The fourth-order valence-electron chi connectivity index (χ4n) is 3.73. The molecule has 1 amide bonds. The van der Waals surface area contributed by atoms with E-state index in [0.29, 0.717) is 36.5 Å². The van der Waals surface area contributed by atoms with Crippen molar-refractivity contribution in [2.24, 2.45) is 9.98 Å². The summed E-state index contributed by atoms with van der Waals surface area (Å²) < 4.78 is 32.8. The molecule has 0 aliphatic rings. The monoisotopic (exact) mass is 538 g/mol. The number of carbonyl (C=O) groups excluding carboxylic acids is 1. The first kappa shape index (κ1) is 29.3. The average molecular weight is 539 g/mol. The number of rotatable bonds is 12. The Balaban J connectivity index is 1.70. The minimum absolute atomic E-state index is 0.0550. The van der Waals surface area contributed by atoms with Crippen molar-refractivity contribution in [1.29, 1.82) is 0 Å². The van der Waals surface area contributed by atoms with Gasteiger partial charge in [-0.25, -0.2) is 18.8 Å². The number of nitrogens with zero attached hydrogens (tertiary/aromatic N) is 4. The van der Waals surface area contributed by atoms with Crippen molar-refractivity contribution in [3.8, 4) is 5.75 Å². The summed E-state index contributed by atoms with van der Waals surface area (Å²) >= 11 is 0. The van der Waals surface area contributed by atoms with Crippen LogP contribution in [0, 0.1) is 18.6 Å². The number of aromatic amines is 1. The number of amides is 1. The Labute approximate surface area is 225 Å². The number of carbonyl (C=O) groups is 1. The first-order valence-corrected chi connectivity index (χ1v) is 12.3. The molecule has 0 spiro atoms. The lowest BCUT2D eigenvalue weighted by Gasteiger charge is -2.17. The van der Waals surface area contributed by atoms with Crippen LogP contribution in [0.15, 0.2) is 58.3 Å². The molecule has 39 heavy (non-hydrogen) atoms. The standard InChI is InChI=1S/C28H32F2N6O3/c1-17-7-8-21(39-10-6-9-28(2,3)38)15-22(17)23(31-4)16-24(32-5)34-27(37)26-33-25(35-36-26)13-18-11-19(29)14-20(30)12-18/h7-8,11-12,14-16,38H,5-6,9-10,13H2,1-4H3,(H,34,37)(H,33,35,36)/b24-16+,31-23?. The van der Waals surface area contributed by atoms with Crippen LogP contribution in [0.25, 0.3) is 0 Å². The van der Waals surface area contributed by atoms with Crippen LogP contribution < -0.4 is 10.1 Å². The summed E-state index contributed by atoms with van der Waals surface area (Å²) in [5.41, 5.74) is 1.82. The molecule has 3 N–H and O–H groups in total. The second-order valence-corrected chi connectivity index (χ2v) is 9.55. The summed E-state index contributed by atoms with van der Waals surface area (Å²) in [5, 5.41) is 19.0. The largest absolute Gasteiger partial charge is 0.494 e. The number of aliphatic imine (C=N–C) groups is 2. The normalized spacial score (nSPS) is 12.4. The molecule has 0 saturated carbocycles. The summed E-state index contributed by atoms with van der Waals surface area (Å²) in [6.45, 7) is 9.41. The smallest absolute Gasteiger partial charge is 0.296 e. The van der Waals surface area contributed by atoms with Crippen LogP contribution in [0.3, 0.4) is 0 Å². The minimum atomic E-state index is -0.749. The first-order valence-electron chi connectivity index (χ1n) is 12.3. The van der Waals surface area contributed by atoms with Gasteiger partial charge in [0.05, 0.1) is 17.9 Å². The molecular weight excluding hydrogens is 506 g/mol. The molecule has 0 unspecified atom stereocenters. The van der Waals surface area contributed by atoms with Gasteiger partial charge in [0.2, 0.25) is 5.82 Å². The molecule has 3 aromatic rings. The van der Waals surface area contributed by atoms with Gasteiger partial charge in [0, 0.05) is 31.2 Å². The zero-order chi connectivity index (χ0) is 28.6. The molecule has 11 heteroatoms. The fraction of sp³-hybridized carbons (Fsp3) is 0.321. The Bertz CT molecular complexity index is 1370. The maximum Gasteiger partial charge on any atom is 0.296 e. The third-order valence-corrected chi connectivity index (χ3v) is 5.64. The van der Waals surface area contributed by atoms with Gasteiger partial charge in [0.15, 0.2) is 0 Å². The fourth-order valence-corrected chi connectivity index (χ4v) is 3.73. The summed E-state index contributed by atoms with van der Waals surface area (Å²) in [7, 11) is 1.61. The zero-order valence-corrected chi connectivity index (χ0v) is 22.4. The van der Waals surface area contributed by atoms with Crippen molar-refractivity contribution in [3.63, 3.8) is 0 Å². The van der Waals surface area contributed by atoms with Crippen molar-refractivity contribution in [2.75, 3.05) is 13.7 Å². The third kappa shape index (κ3) is 8.92. The Morgan fingerprint density at radius 3 is 2.59 bits per heavy atom. The number of ether oxygens (including phenoxy) is 1. The molecule has 1 heterocycles. The summed E-state index contributed by atoms with van der Waals surface area (Å²) in [6.07, 6.45) is 2.92. The maximum absolute atomic E-state index is 13.5. The molecule has 9 nitrogen and oxygen atoms in total. The molecule has 2 aromatic carbocycles. The van der Waals surface area contributed by atoms with Crippen LogP contribution in [0.4, 0.5) is 8.78 Å². The second-order valence-electron chi connectivity index (χ2n) is 9.55. The zero-order valence-electron chi connectivity index (χ0n) is 22.4. The average Bonchev–Trinajstić information content (AvgIpc) is 3.32. The van der Waals surface area contributed by atoms with E-state index in [0.717, 1.165) is 17.2 Å². The number of aromatic nitrogens is 3. The predicted molar refractivity (Wildman–Crippen MR) is 145 cm³/mol. The molecule has 0 radical (unpaired) electrons. The molecule has 3 rings (SSSR count). The maximum atomic E-state index is 13.5. The number of hydrogen-bond acceptors (Lipinski definition) is 7. The number of aliphatic hydroxyl groups is 1. The van der Waals surface area contributed by atoms with Crippen molar-refractivity contribution in [2.45, 2.75) is 45.6 Å². The third-order valence-electron chi connectivity index (χ3n) is 5.64. The minimum Gasteiger partial charge on any atom is -0.494 e. The van der Waals surface area contributed by atoms with Crippen molar-refractivity contribution in [1.82, 2.24) is 20.5 Å². The number of halogens is 2. The van der Waals surface area contributed by atoms with Crippen molar-refractivity contribution >= 4 is 18.3 Å². The van der Waals surface area contributed by atoms with Gasteiger partial charge < -0.3 is 15.2 Å². The summed E-state index contributed by atoms with van der Waals surface area (Å²) in [4.78, 5) is 25.1. The van der Waals surface area contributed by atoms with E-state index in [4.69, 9.17) is 4.74 Å².